The topological polar surface area (TPSA) is 64.8 Å². The minimum Gasteiger partial charge on any atom is -0.220 e. The molecule has 0 amide bonds. The van der Waals surface area contributed by atoms with Crippen molar-refractivity contribution in [3.63, 3.8) is 0 Å². The molecule has 0 radical (unpaired) electrons. The number of fused-ring (bicyclic) bond motifs is 1. The third-order valence-electron chi connectivity index (χ3n) is 4.00. The van der Waals surface area contributed by atoms with E-state index in [9.17, 15) is 8.42 Å². The molecule has 3 aromatic carbocycles. The lowest BCUT2D eigenvalue weighted by molar-refractivity contribution is 0.585. The van der Waals surface area contributed by atoms with Crippen LogP contribution < -0.4 is 0 Å². The number of hydrogen-bond acceptors (Lipinski definition) is 4. The van der Waals surface area contributed by atoms with E-state index in [0.29, 0.717) is 0 Å². The number of nitrogens with zero attached hydrogens (tertiary/aromatic N) is 3. The Labute approximate surface area is 145 Å². The summed E-state index contributed by atoms with van der Waals surface area (Å²) in [4.78, 5) is 4.00. The average Bonchev–Trinajstić information content (AvgIpc) is 3.14. The minimum atomic E-state index is -3.64. The van der Waals surface area contributed by atoms with Crippen LogP contribution in [0.4, 0.5) is 0 Å². The molecule has 0 atom stereocenters. The zero-order valence-electron chi connectivity index (χ0n) is 13.3. The molecule has 1 heterocycles. The summed E-state index contributed by atoms with van der Waals surface area (Å²) in [6.45, 7) is 0. The average molecular weight is 349 g/mol. The first-order chi connectivity index (χ1) is 12.1. The number of rotatable bonds is 4. The molecule has 0 aliphatic rings. The third kappa shape index (κ3) is 3.04. The van der Waals surface area contributed by atoms with E-state index in [1.165, 1.54) is 11.0 Å². The largest absolute Gasteiger partial charge is 0.267 e. The Balaban J connectivity index is 1.69. The molecule has 4 rings (SSSR count). The highest BCUT2D eigenvalue weighted by Crippen LogP contribution is 2.22. The molecule has 0 aliphatic carbocycles. The van der Waals surface area contributed by atoms with Crippen LogP contribution in [0.1, 0.15) is 5.56 Å². The van der Waals surface area contributed by atoms with Gasteiger partial charge in [0.2, 0.25) is 9.84 Å². The van der Waals surface area contributed by atoms with Crippen molar-refractivity contribution in [1.82, 2.24) is 14.8 Å². The quantitative estimate of drug-likeness (QED) is 0.566. The van der Waals surface area contributed by atoms with Gasteiger partial charge in [-0.1, -0.05) is 60.7 Å². The zero-order valence-corrected chi connectivity index (χ0v) is 14.1. The number of benzene rings is 3. The lowest BCUT2D eigenvalue weighted by Crippen LogP contribution is -2.08. The van der Waals surface area contributed by atoms with Gasteiger partial charge in [0.05, 0.1) is 11.4 Å². The zero-order chi connectivity index (χ0) is 17.3. The summed E-state index contributed by atoms with van der Waals surface area (Å²) in [5, 5.41) is 5.92. The first kappa shape index (κ1) is 15.5. The molecule has 25 heavy (non-hydrogen) atoms. The molecular formula is C19H15N3O2S. The van der Waals surface area contributed by atoms with Gasteiger partial charge < -0.3 is 0 Å². The van der Waals surface area contributed by atoms with Crippen molar-refractivity contribution in [2.75, 3.05) is 0 Å². The normalized spacial score (nSPS) is 11.7. The summed E-state index contributed by atoms with van der Waals surface area (Å²) in [5.41, 5.74) is 1.51. The van der Waals surface area contributed by atoms with Crippen molar-refractivity contribution in [2.24, 2.45) is 0 Å². The smallest absolute Gasteiger partial charge is 0.220 e. The van der Waals surface area contributed by atoms with Crippen LogP contribution in [0.15, 0.2) is 84.3 Å². The van der Waals surface area contributed by atoms with E-state index < -0.39 is 9.84 Å². The summed E-state index contributed by atoms with van der Waals surface area (Å²) < 4.78 is 27.0. The highest BCUT2D eigenvalue weighted by molar-refractivity contribution is 7.90. The SMILES string of the molecule is O=S(=O)(Cc1cccc2ccccc12)c1ncn(-c2ccccc2)n1. The van der Waals surface area contributed by atoms with E-state index in [2.05, 4.69) is 10.1 Å². The lowest BCUT2D eigenvalue weighted by Gasteiger charge is -2.06. The molecule has 0 aliphatic heterocycles. The molecule has 0 saturated carbocycles. The molecule has 0 N–H and O–H groups in total. The van der Waals surface area contributed by atoms with Gasteiger partial charge >= 0.3 is 0 Å². The highest BCUT2D eigenvalue weighted by Gasteiger charge is 2.21. The van der Waals surface area contributed by atoms with Gasteiger partial charge in [0, 0.05) is 0 Å². The Morgan fingerprint density at radius 1 is 0.840 bits per heavy atom. The fourth-order valence-corrected chi connectivity index (χ4v) is 3.99. The fraction of sp³-hybridized carbons (Fsp3) is 0.0526. The van der Waals surface area contributed by atoms with Gasteiger partial charge in [-0.3, -0.25) is 0 Å². The van der Waals surface area contributed by atoms with Crippen LogP contribution in [0.3, 0.4) is 0 Å². The molecule has 0 spiro atoms. The predicted octanol–water partition coefficient (Wildman–Crippen LogP) is 3.39. The van der Waals surface area contributed by atoms with Crippen molar-refractivity contribution in [1.29, 1.82) is 0 Å². The second kappa shape index (κ2) is 6.14. The van der Waals surface area contributed by atoms with Crippen LogP contribution in [-0.2, 0) is 15.6 Å². The predicted molar refractivity (Wildman–Crippen MR) is 96.2 cm³/mol. The van der Waals surface area contributed by atoms with Gasteiger partial charge in [0.1, 0.15) is 6.33 Å². The Morgan fingerprint density at radius 2 is 1.56 bits per heavy atom. The van der Waals surface area contributed by atoms with Crippen molar-refractivity contribution >= 4 is 20.6 Å². The summed E-state index contributed by atoms with van der Waals surface area (Å²) in [5.74, 6) is -0.132. The number of hydrogen-bond donors (Lipinski definition) is 0. The van der Waals surface area contributed by atoms with E-state index in [1.54, 1.807) is 0 Å². The summed E-state index contributed by atoms with van der Waals surface area (Å²) >= 11 is 0. The Bertz CT molecular complexity index is 1130. The monoisotopic (exact) mass is 349 g/mol. The van der Waals surface area contributed by atoms with E-state index in [0.717, 1.165) is 22.0 Å². The van der Waals surface area contributed by atoms with Crippen LogP contribution in [0.5, 0.6) is 0 Å². The van der Waals surface area contributed by atoms with Gasteiger partial charge in [-0.05, 0) is 28.5 Å². The maximum atomic E-state index is 12.8. The van der Waals surface area contributed by atoms with Crippen LogP contribution in [0.2, 0.25) is 0 Å². The number of aromatic nitrogens is 3. The summed E-state index contributed by atoms with van der Waals surface area (Å²) in [6, 6.07) is 22.7. The molecule has 0 unspecified atom stereocenters. The van der Waals surface area contributed by atoms with E-state index in [1.807, 2.05) is 72.8 Å². The molecule has 4 aromatic rings. The van der Waals surface area contributed by atoms with Crippen LogP contribution in [0.25, 0.3) is 16.5 Å². The summed E-state index contributed by atoms with van der Waals surface area (Å²) in [6.07, 6.45) is 1.42. The fourth-order valence-electron chi connectivity index (χ4n) is 2.78. The molecule has 0 saturated heterocycles. The van der Waals surface area contributed by atoms with E-state index >= 15 is 0 Å². The first-order valence-electron chi connectivity index (χ1n) is 7.80. The molecule has 5 nitrogen and oxygen atoms in total. The van der Waals surface area contributed by atoms with Gasteiger partial charge in [0.25, 0.3) is 5.16 Å². The van der Waals surface area contributed by atoms with Crippen molar-refractivity contribution < 1.29 is 8.42 Å². The van der Waals surface area contributed by atoms with Crippen LogP contribution in [0, 0.1) is 0 Å². The Hall–Kier alpha value is -2.99. The van der Waals surface area contributed by atoms with Crippen LogP contribution >= 0.6 is 0 Å². The summed E-state index contributed by atoms with van der Waals surface area (Å²) in [7, 11) is -3.64. The maximum absolute atomic E-state index is 12.8. The van der Waals surface area contributed by atoms with E-state index in [4.69, 9.17) is 0 Å². The molecule has 124 valence electrons. The standard InChI is InChI=1S/C19H15N3O2S/c23-25(24,13-16-9-6-8-15-7-4-5-12-18(15)16)19-20-14-22(21-19)17-10-2-1-3-11-17/h1-12,14H,13H2. The Kier molecular flexibility index (Phi) is 3.82. The minimum absolute atomic E-state index is 0.132. The van der Waals surface area contributed by atoms with Crippen LogP contribution in [-0.4, -0.2) is 23.2 Å². The van der Waals surface area contributed by atoms with Gasteiger partial charge in [-0.25, -0.2) is 18.1 Å². The van der Waals surface area contributed by atoms with Crippen molar-refractivity contribution in [3.05, 3.63) is 84.7 Å². The second-order valence-electron chi connectivity index (χ2n) is 5.70. The molecular weight excluding hydrogens is 334 g/mol. The van der Waals surface area contributed by atoms with E-state index in [-0.39, 0.29) is 10.9 Å². The second-order valence-corrected chi connectivity index (χ2v) is 7.59. The van der Waals surface area contributed by atoms with Crippen molar-refractivity contribution in [3.8, 4) is 5.69 Å². The Morgan fingerprint density at radius 3 is 2.40 bits per heavy atom. The highest BCUT2D eigenvalue weighted by atomic mass is 32.2. The van der Waals surface area contributed by atoms with Gasteiger partial charge in [0.15, 0.2) is 0 Å². The maximum Gasteiger partial charge on any atom is 0.267 e. The molecule has 6 heteroatoms. The van der Waals surface area contributed by atoms with Gasteiger partial charge in [-0.2, -0.15) is 0 Å². The third-order valence-corrected chi connectivity index (χ3v) is 5.43. The number of sulfone groups is 1. The van der Waals surface area contributed by atoms with Gasteiger partial charge in [-0.15, -0.1) is 5.10 Å². The number of para-hydroxylation sites is 1. The molecule has 1 aromatic heterocycles. The molecule has 0 fully saturated rings. The van der Waals surface area contributed by atoms with Crippen molar-refractivity contribution in [2.45, 2.75) is 10.9 Å². The molecule has 0 bridgehead atoms. The lowest BCUT2D eigenvalue weighted by atomic mass is 10.1. The first-order valence-corrected chi connectivity index (χ1v) is 9.45.